The summed E-state index contributed by atoms with van der Waals surface area (Å²) in [6.07, 6.45) is 5.07. The van der Waals surface area contributed by atoms with Crippen molar-refractivity contribution in [2.75, 3.05) is 6.54 Å². The van der Waals surface area contributed by atoms with Crippen molar-refractivity contribution in [3.8, 4) is 22.3 Å². The number of benzene rings is 3. The molecule has 0 N–H and O–H groups in total. The average molecular weight is 530 g/mol. The van der Waals surface area contributed by atoms with E-state index >= 15 is 0 Å². The molecule has 1 amide bonds. The van der Waals surface area contributed by atoms with Crippen LogP contribution in [0.4, 0.5) is 0 Å². The SMILES string of the molecule is CC1(C)C[C@@H]2C[C@@](C)(CN2C(=O)c2ccc(-c3ccc(-c4cccc5cccnc45)cc3Cl)cc2Cl)C1. The van der Waals surface area contributed by atoms with Crippen molar-refractivity contribution >= 4 is 40.0 Å². The largest absolute Gasteiger partial charge is 0.335 e. The average Bonchev–Trinajstić information content (AvgIpc) is 3.11. The fraction of sp³-hybridized carbons (Fsp3) is 0.312. The second-order valence-corrected chi connectivity index (χ2v) is 12.7. The highest BCUT2D eigenvalue weighted by molar-refractivity contribution is 6.35. The molecule has 2 aliphatic rings. The van der Waals surface area contributed by atoms with E-state index in [9.17, 15) is 4.79 Å². The molecule has 0 unspecified atom stereocenters. The molecule has 1 aromatic heterocycles. The maximum atomic E-state index is 13.6. The number of hydrogen-bond donors (Lipinski definition) is 0. The van der Waals surface area contributed by atoms with Gasteiger partial charge in [0.15, 0.2) is 0 Å². The molecule has 0 spiro atoms. The van der Waals surface area contributed by atoms with Crippen LogP contribution in [-0.4, -0.2) is 28.4 Å². The van der Waals surface area contributed by atoms with Crippen LogP contribution >= 0.6 is 23.2 Å². The zero-order valence-corrected chi connectivity index (χ0v) is 22.9. The van der Waals surface area contributed by atoms with Gasteiger partial charge >= 0.3 is 0 Å². The van der Waals surface area contributed by atoms with E-state index in [2.05, 4.69) is 54.9 Å². The van der Waals surface area contributed by atoms with Crippen molar-refractivity contribution in [2.24, 2.45) is 10.8 Å². The van der Waals surface area contributed by atoms with E-state index in [0.29, 0.717) is 15.6 Å². The van der Waals surface area contributed by atoms with Crippen molar-refractivity contribution in [3.63, 3.8) is 0 Å². The van der Waals surface area contributed by atoms with Gasteiger partial charge in [0, 0.05) is 40.3 Å². The van der Waals surface area contributed by atoms with Gasteiger partial charge in [0.05, 0.1) is 16.1 Å². The van der Waals surface area contributed by atoms with Gasteiger partial charge in [0.2, 0.25) is 0 Å². The highest BCUT2D eigenvalue weighted by atomic mass is 35.5. The predicted octanol–water partition coefficient (Wildman–Crippen LogP) is 8.92. The van der Waals surface area contributed by atoms with Gasteiger partial charge in [-0.3, -0.25) is 9.78 Å². The predicted molar refractivity (Wildman–Crippen MR) is 153 cm³/mol. The quantitative estimate of drug-likeness (QED) is 0.266. The summed E-state index contributed by atoms with van der Waals surface area (Å²) in [4.78, 5) is 20.2. The standard InChI is InChI=1S/C32H30Cl2N2O/c1-31(2)16-23-17-32(3,18-31)19-36(23)30(37)26-12-10-21(14-28(26)34)24-11-9-22(15-27(24)33)25-8-4-6-20-7-5-13-35-29(20)25/h4-15,23H,16-19H2,1-3H3/t23-,32-/m1/s1. The third kappa shape index (κ3) is 4.43. The van der Waals surface area contributed by atoms with E-state index in [1.54, 1.807) is 0 Å². The number of likely N-dealkylation sites (tertiary alicyclic amines) is 1. The second kappa shape index (κ2) is 8.85. The van der Waals surface area contributed by atoms with Gasteiger partial charge in [-0.15, -0.1) is 0 Å². The molecule has 3 nitrogen and oxygen atoms in total. The first-order valence-electron chi connectivity index (χ1n) is 12.9. The second-order valence-electron chi connectivity index (χ2n) is 11.9. The molecular weight excluding hydrogens is 499 g/mol. The van der Waals surface area contributed by atoms with Crippen molar-refractivity contribution in [3.05, 3.63) is 88.5 Å². The lowest BCUT2D eigenvalue weighted by Crippen LogP contribution is -2.37. The van der Waals surface area contributed by atoms with Crippen molar-refractivity contribution < 1.29 is 4.79 Å². The van der Waals surface area contributed by atoms with E-state index in [4.69, 9.17) is 23.2 Å². The van der Waals surface area contributed by atoms with Gasteiger partial charge in [0.1, 0.15) is 0 Å². The minimum Gasteiger partial charge on any atom is -0.335 e. The number of carbonyl (C=O) groups is 1. The topological polar surface area (TPSA) is 33.2 Å². The molecule has 1 saturated heterocycles. The molecule has 2 fully saturated rings. The van der Waals surface area contributed by atoms with Crippen molar-refractivity contribution in [1.29, 1.82) is 0 Å². The highest BCUT2D eigenvalue weighted by Gasteiger charge is 2.51. The first-order valence-corrected chi connectivity index (χ1v) is 13.6. The summed E-state index contributed by atoms with van der Waals surface area (Å²) in [6, 6.07) is 22.2. The number of halogens is 2. The summed E-state index contributed by atoms with van der Waals surface area (Å²) in [5.41, 5.74) is 5.77. The summed E-state index contributed by atoms with van der Waals surface area (Å²) >= 11 is 13.5. The van der Waals surface area contributed by atoms with Gasteiger partial charge < -0.3 is 4.90 Å². The minimum atomic E-state index is 0.0351. The van der Waals surface area contributed by atoms with Crippen LogP contribution in [0.2, 0.25) is 10.0 Å². The molecule has 1 aliphatic heterocycles. The Morgan fingerprint density at radius 2 is 1.62 bits per heavy atom. The van der Waals surface area contributed by atoms with E-state index < -0.39 is 0 Å². The van der Waals surface area contributed by atoms with Crippen LogP contribution in [0.1, 0.15) is 50.4 Å². The van der Waals surface area contributed by atoms with Crippen LogP contribution in [0.5, 0.6) is 0 Å². The lowest BCUT2D eigenvalue weighted by molar-refractivity contribution is 0.0708. The molecule has 37 heavy (non-hydrogen) atoms. The summed E-state index contributed by atoms with van der Waals surface area (Å²) in [5.74, 6) is 0.0351. The normalized spacial score (nSPS) is 22.4. The molecule has 188 valence electrons. The lowest BCUT2D eigenvalue weighted by atomic mass is 9.65. The van der Waals surface area contributed by atoms with Crippen LogP contribution in [0.3, 0.4) is 0 Å². The van der Waals surface area contributed by atoms with Crippen LogP contribution < -0.4 is 0 Å². The molecule has 1 saturated carbocycles. The molecule has 2 bridgehead atoms. The summed E-state index contributed by atoms with van der Waals surface area (Å²) < 4.78 is 0. The van der Waals surface area contributed by atoms with Gasteiger partial charge in [0.25, 0.3) is 5.91 Å². The monoisotopic (exact) mass is 528 g/mol. The van der Waals surface area contributed by atoms with E-state index in [1.165, 1.54) is 0 Å². The van der Waals surface area contributed by atoms with E-state index in [1.807, 2.05) is 48.7 Å². The first kappa shape index (κ1) is 24.5. The van der Waals surface area contributed by atoms with E-state index in [-0.39, 0.29) is 22.8 Å². The Morgan fingerprint density at radius 1 is 0.892 bits per heavy atom. The van der Waals surface area contributed by atoms with E-state index in [0.717, 1.165) is 59.0 Å². The number of amides is 1. The van der Waals surface area contributed by atoms with Gasteiger partial charge in [-0.2, -0.15) is 0 Å². The Balaban J connectivity index is 1.29. The summed E-state index contributed by atoms with van der Waals surface area (Å²) in [6.45, 7) is 7.76. The molecule has 5 heteroatoms. The molecule has 1 aliphatic carbocycles. The molecule has 2 heterocycles. The number of para-hydroxylation sites is 1. The van der Waals surface area contributed by atoms with Crippen LogP contribution in [0.15, 0.2) is 72.9 Å². The highest BCUT2D eigenvalue weighted by Crippen LogP contribution is 2.53. The third-order valence-corrected chi connectivity index (χ3v) is 8.72. The zero-order valence-electron chi connectivity index (χ0n) is 21.4. The third-order valence-electron chi connectivity index (χ3n) is 8.10. The van der Waals surface area contributed by atoms with Gasteiger partial charge in [-0.05, 0) is 65.5 Å². The Kier molecular flexibility index (Phi) is 5.85. The molecule has 3 aromatic carbocycles. The number of aromatic nitrogens is 1. The summed E-state index contributed by atoms with van der Waals surface area (Å²) in [7, 11) is 0. The lowest BCUT2D eigenvalue weighted by Gasteiger charge is -2.39. The smallest absolute Gasteiger partial charge is 0.255 e. The number of nitrogens with zero attached hydrogens (tertiary/aromatic N) is 2. The van der Waals surface area contributed by atoms with Crippen LogP contribution in [0.25, 0.3) is 33.2 Å². The number of carbonyl (C=O) groups excluding carboxylic acids is 1. The number of rotatable bonds is 3. The molecule has 2 atom stereocenters. The van der Waals surface area contributed by atoms with Crippen molar-refractivity contribution in [2.45, 2.75) is 46.1 Å². The first-order chi connectivity index (χ1) is 17.6. The number of fused-ring (bicyclic) bond motifs is 3. The Hall–Kier alpha value is -2.88. The Morgan fingerprint density at radius 3 is 2.41 bits per heavy atom. The number of hydrogen-bond acceptors (Lipinski definition) is 2. The van der Waals surface area contributed by atoms with Crippen molar-refractivity contribution in [1.82, 2.24) is 9.88 Å². The molecule has 0 radical (unpaired) electrons. The minimum absolute atomic E-state index is 0.0351. The number of pyridine rings is 1. The van der Waals surface area contributed by atoms with Gasteiger partial charge in [-0.25, -0.2) is 0 Å². The maximum absolute atomic E-state index is 13.6. The Bertz CT molecular complexity index is 1540. The fourth-order valence-electron chi connectivity index (χ4n) is 6.96. The Labute approximate surface area is 228 Å². The zero-order chi connectivity index (χ0) is 25.9. The maximum Gasteiger partial charge on any atom is 0.255 e. The molecular formula is C32H30Cl2N2O. The fourth-order valence-corrected chi connectivity index (χ4v) is 7.51. The molecule has 4 aromatic rings. The van der Waals surface area contributed by atoms with Crippen LogP contribution in [0, 0.1) is 10.8 Å². The molecule has 6 rings (SSSR count). The van der Waals surface area contributed by atoms with Crippen LogP contribution in [-0.2, 0) is 0 Å². The van der Waals surface area contributed by atoms with Gasteiger partial charge in [-0.1, -0.05) is 86.4 Å². The summed E-state index contributed by atoms with van der Waals surface area (Å²) in [5, 5.41) is 2.18.